The molecule has 2 atom stereocenters. The maximum absolute atomic E-state index is 12.3. The first-order valence-corrected chi connectivity index (χ1v) is 11.3. The molecule has 1 aliphatic rings. The number of para-hydroxylation sites is 1. The minimum atomic E-state index is -0.227. The molecule has 7 nitrogen and oxygen atoms in total. The number of thiocarbonyl (C=S) groups is 1. The molecule has 1 saturated heterocycles. The van der Waals surface area contributed by atoms with Gasteiger partial charge >= 0.3 is 0 Å². The van der Waals surface area contributed by atoms with E-state index in [1.807, 2.05) is 91.1 Å². The number of amides is 1. The highest BCUT2D eigenvalue weighted by Gasteiger charge is 2.41. The van der Waals surface area contributed by atoms with Crippen LogP contribution >= 0.6 is 12.2 Å². The van der Waals surface area contributed by atoms with E-state index in [-0.39, 0.29) is 24.6 Å². The Labute approximate surface area is 202 Å². The lowest BCUT2D eigenvalue weighted by molar-refractivity contribution is -0.118. The van der Waals surface area contributed by atoms with E-state index in [1.165, 1.54) is 0 Å². The van der Waals surface area contributed by atoms with Crippen molar-refractivity contribution < 1.29 is 9.53 Å². The Morgan fingerprint density at radius 1 is 1.00 bits per heavy atom. The molecule has 170 valence electrons. The largest absolute Gasteiger partial charge is 0.484 e. The second kappa shape index (κ2) is 9.76. The van der Waals surface area contributed by atoms with E-state index in [2.05, 4.69) is 25.5 Å². The van der Waals surface area contributed by atoms with E-state index in [9.17, 15) is 4.79 Å². The number of aromatic amines is 1. The number of hydrogen-bond acceptors (Lipinski definition) is 4. The van der Waals surface area contributed by atoms with Crippen LogP contribution in [-0.2, 0) is 4.79 Å². The minimum absolute atomic E-state index is 0.0629. The Balaban J connectivity index is 1.32. The van der Waals surface area contributed by atoms with Crippen molar-refractivity contribution in [2.45, 2.75) is 12.1 Å². The SMILES string of the molecule is O=C(COc1ccccc1)Nc1ccc(N2C(=S)N[C@@H](c3ccccn3)[C@@H]2c2ccc[nH]2)cc1. The molecule has 4 aromatic rings. The average molecular weight is 470 g/mol. The number of nitrogens with zero attached hydrogens (tertiary/aromatic N) is 2. The Morgan fingerprint density at radius 3 is 2.50 bits per heavy atom. The van der Waals surface area contributed by atoms with Crippen LogP contribution in [0.3, 0.4) is 0 Å². The average Bonchev–Trinajstić information content (AvgIpc) is 3.52. The lowest BCUT2D eigenvalue weighted by Crippen LogP contribution is -2.29. The van der Waals surface area contributed by atoms with Gasteiger partial charge in [-0.1, -0.05) is 24.3 Å². The van der Waals surface area contributed by atoms with Gasteiger partial charge in [0.1, 0.15) is 11.8 Å². The number of pyridine rings is 1. The zero-order valence-corrected chi connectivity index (χ0v) is 19.0. The van der Waals surface area contributed by atoms with Crippen molar-refractivity contribution in [1.82, 2.24) is 15.3 Å². The summed E-state index contributed by atoms with van der Waals surface area (Å²) in [5, 5.41) is 6.91. The molecule has 1 amide bonds. The first kappa shape index (κ1) is 21.7. The standard InChI is InChI=1S/C26H23N5O2S/c32-23(17-33-20-7-2-1-3-8-20)29-18-11-13-19(14-12-18)31-25(22-10-6-16-28-22)24(30-26(31)34)21-9-4-5-15-27-21/h1-16,24-25,28H,17H2,(H,29,32)(H,30,34)/t24-,25-/m0/s1. The molecule has 2 aromatic heterocycles. The quantitative estimate of drug-likeness (QED) is 0.343. The molecule has 5 rings (SSSR count). The van der Waals surface area contributed by atoms with Gasteiger partial charge in [-0.3, -0.25) is 9.78 Å². The Hall–Kier alpha value is -4.17. The Morgan fingerprint density at radius 2 is 1.79 bits per heavy atom. The lowest BCUT2D eigenvalue weighted by atomic mass is 10.0. The third-order valence-electron chi connectivity index (χ3n) is 5.58. The fourth-order valence-electron chi connectivity index (χ4n) is 4.05. The molecule has 0 saturated carbocycles. The summed E-state index contributed by atoms with van der Waals surface area (Å²) in [6.45, 7) is -0.0629. The molecule has 8 heteroatoms. The van der Waals surface area contributed by atoms with Crippen molar-refractivity contribution in [3.8, 4) is 5.75 Å². The number of hydrogen-bond donors (Lipinski definition) is 3. The van der Waals surface area contributed by atoms with Gasteiger partial charge in [0.05, 0.1) is 11.7 Å². The summed E-state index contributed by atoms with van der Waals surface area (Å²) in [6.07, 6.45) is 3.69. The molecule has 34 heavy (non-hydrogen) atoms. The van der Waals surface area contributed by atoms with Gasteiger partial charge in [-0.15, -0.1) is 0 Å². The number of aromatic nitrogens is 2. The number of anilines is 2. The van der Waals surface area contributed by atoms with E-state index in [0.717, 1.165) is 17.1 Å². The van der Waals surface area contributed by atoms with Crippen molar-refractivity contribution >= 4 is 34.6 Å². The fraction of sp³-hybridized carbons (Fsp3) is 0.115. The number of H-pyrrole nitrogens is 1. The van der Waals surface area contributed by atoms with Crippen LogP contribution in [0.2, 0.25) is 0 Å². The molecule has 1 fully saturated rings. The van der Waals surface area contributed by atoms with Crippen LogP contribution in [0.1, 0.15) is 23.5 Å². The molecular formula is C26H23N5O2S. The summed E-state index contributed by atoms with van der Waals surface area (Å²) in [5.41, 5.74) is 3.53. The molecule has 0 bridgehead atoms. The number of nitrogens with one attached hydrogen (secondary N) is 3. The zero-order chi connectivity index (χ0) is 23.3. The third-order valence-corrected chi connectivity index (χ3v) is 5.90. The normalized spacial score (nSPS) is 17.3. The molecule has 1 aliphatic heterocycles. The summed E-state index contributed by atoms with van der Waals surface area (Å²) in [4.78, 5) is 22.2. The molecule has 3 heterocycles. The molecule has 0 spiro atoms. The van der Waals surface area contributed by atoms with Crippen molar-refractivity contribution in [2.75, 3.05) is 16.8 Å². The van der Waals surface area contributed by atoms with Crippen molar-refractivity contribution in [1.29, 1.82) is 0 Å². The fourth-order valence-corrected chi connectivity index (χ4v) is 4.39. The Kier molecular flexibility index (Phi) is 6.22. The maximum Gasteiger partial charge on any atom is 0.262 e. The molecule has 0 radical (unpaired) electrons. The number of carbonyl (C=O) groups excluding carboxylic acids is 1. The second-order valence-electron chi connectivity index (χ2n) is 7.82. The van der Waals surface area contributed by atoms with Crippen molar-refractivity contribution in [3.63, 3.8) is 0 Å². The highest BCUT2D eigenvalue weighted by atomic mass is 32.1. The van der Waals surface area contributed by atoms with Gasteiger partial charge < -0.3 is 25.3 Å². The van der Waals surface area contributed by atoms with Crippen molar-refractivity contribution in [2.24, 2.45) is 0 Å². The van der Waals surface area contributed by atoms with Crippen LogP contribution < -0.4 is 20.3 Å². The predicted octanol–water partition coefficient (Wildman–Crippen LogP) is 4.60. The smallest absolute Gasteiger partial charge is 0.262 e. The summed E-state index contributed by atoms with van der Waals surface area (Å²) in [7, 11) is 0. The Bertz CT molecular complexity index is 1250. The van der Waals surface area contributed by atoms with Gasteiger partial charge in [0.2, 0.25) is 0 Å². The number of ether oxygens (including phenoxy) is 1. The second-order valence-corrected chi connectivity index (χ2v) is 8.21. The van der Waals surface area contributed by atoms with Gasteiger partial charge in [-0.2, -0.15) is 0 Å². The van der Waals surface area contributed by atoms with Crippen LogP contribution in [-0.4, -0.2) is 27.6 Å². The van der Waals surface area contributed by atoms with Gasteiger partial charge in [0.25, 0.3) is 5.91 Å². The first-order valence-electron chi connectivity index (χ1n) is 10.9. The maximum atomic E-state index is 12.3. The molecule has 0 unspecified atom stereocenters. The van der Waals surface area contributed by atoms with Crippen molar-refractivity contribution in [3.05, 3.63) is 109 Å². The summed E-state index contributed by atoms with van der Waals surface area (Å²) in [6, 6.07) is 26.5. The van der Waals surface area contributed by atoms with Gasteiger partial charge in [0.15, 0.2) is 11.7 Å². The molecule has 2 aromatic carbocycles. The monoisotopic (exact) mass is 469 g/mol. The number of benzene rings is 2. The predicted molar refractivity (Wildman–Crippen MR) is 136 cm³/mol. The van der Waals surface area contributed by atoms with E-state index in [1.54, 1.807) is 6.20 Å². The molecule has 3 N–H and O–H groups in total. The van der Waals surface area contributed by atoms with Gasteiger partial charge in [-0.25, -0.2) is 0 Å². The van der Waals surface area contributed by atoms with Gasteiger partial charge in [-0.05, 0) is 72.9 Å². The van der Waals surface area contributed by atoms with Crippen LogP contribution in [0.15, 0.2) is 97.3 Å². The lowest BCUT2D eigenvalue weighted by Gasteiger charge is -2.27. The van der Waals surface area contributed by atoms with Crippen LogP contribution in [0.5, 0.6) is 5.75 Å². The number of rotatable bonds is 7. The summed E-state index contributed by atoms with van der Waals surface area (Å²) in [5.74, 6) is 0.426. The summed E-state index contributed by atoms with van der Waals surface area (Å²) < 4.78 is 5.51. The third kappa shape index (κ3) is 4.62. The highest BCUT2D eigenvalue weighted by Crippen LogP contribution is 2.40. The zero-order valence-electron chi connectivity index (χ0n) is 18.2. The number of carbonyl (C=O) groups is 1. The van der Waals surface area contributed by atoms with E-state index in [4.69, 9.17) is 17.0 Å². The molecule has 0 aliphatic carbocycles. The first-order chi connectivity index (χ1) is 16.7. The van der Waals surface area contributed by atoms with Crippen LogP contribution in [0.25, 0.3) is 0 Å². The van der Waals surface area contributed by atoms with Crippen LogP contribution in [0, 0.1) is 0 Å². The minimum Gasteiger partial charge on any atom is -0.484 e. The highest BCUT2D eigenvalue weighted by molar-refractivity contribution is 7.80. The van der Waals surface area contributed by atoms with Gasteiger partial charge in [0, 0.05) is 29.5 Å². The van der Waals surface area contributed by atoms with Crippen LogP contribution in [0.4, 0.5) is 11.4 Å². The molecular weight excluding hydrogens is 446 g/mol. The van der Waals surface area contributed by atoms with E-state index < -0.39 is 0 Å². The topological polar surface area (TPSA) is 82.3 Å². The summed E-state index contributed by atoms with van der Waals surface area (Å²) >= 11 is 5.72. The van der Waals surface area contributed by atoms with E-state index >= 15 is 0 Å². The van der Waals surface area contributed by atoms with E-state index in [0.29, 0.717) is 16.5 Å².